The van der Waals surface area contributed by atoms with Crippen molar-refractivity contribution in [3.63, 3.8) is 0 Å². The molecule has 0 bridgehead atoms. The summed E-state index contributed by atoms with van der Waals surface area (Å²) in [4.78, 5) is 3.90. The van der Waals surface area contributed by atoms with Gasteiger partial charge in [0.15, 0.2) is 0 Å². The van der Waals surface area contributed by atoms with Crippen molar-refractivity contribution in [3.05, 3.63) is 33.1 Å². The molecule has 80 valence electrons. The normalized spacial score (nSPS) is 12.9. The molecule has 0 aliphatic carbocycles. The number of benzene rings is 1. The molecule has 5 heteroatoms. The molecule has 0 amide bonds. The van der Waals surface area contributed by atoms with Gasteiger partial charge in [0.2, 0.25) is 0 Å². The number of alkyl halides is 5. The van der Waals surface area contributed by atoms with Gasteiger partial charge >= 0.3 is 86.6 Å². The van der Waals surface area contributed by atoms with Crippen LogP contribution in [0.1, 0.15) is 5.56 Å². The summed E-state index contributed by atoms with van der Waals surface area (Å²) in [6.07, 6.45) is -4.59. The second kappa shape index (κ2) is 4.04. The average Bonchev–Trinajstić information content (AvgIpc) is 2.01. The van der Waals surface area contributed by atoms with Crippen molar-refractivity contribution in [1.82, 2.24) is 0 Å². The molecule has 0 nitrogen and oxygen atoms in total. The van der Waals surface area contributed by atoms with E-state index >= 15 is 0 Å². The molecule has 0 radical (unpaired) electrons. The van der Waals surface area contributed by atoms with Crippen molar-refractivity contribution >= 4 is 19.8 Å². The maximum atomic E-state index is 13.0. The first kappa shape index (κ1) is 11.7. The van der Waals surface area contributed by atoms with E-state index in [1.807, 2.05) is 9.86 Å². The Labute approximate surface area is 86.7 Å². The van der Waals surface area contributed by atoms with E-state index < -0.39 is 37.4 Å². The van der Waals surface area contributed by atoms with Gasteiger partial charge in [-0.25, -0.2) is 0 Å². The van der Waals surface area contributed by atoms with Gasteiger partial charge in [0, 0.05) is 0 Å². The molecule has 0 atom stereocenters. The van der Waals surface area contributed by atoms with E-state index in [2.05, 4.69) is 0 Å². The van der Waals surface area contributed by atoms with Crippen molar-refractivity contribution in [3.8, 4) is 0 Å². The van der Waals surface area contributed by atoms with E-state index in [4.69, 9.17) is 0 Å². The summed E-state index contributed by atoms with van der Waals surface area (Å²) in [6.45, 7) is 0. The van der Waals surface area contributed by atoms with Gasteiger partial charge in [-0.2, -0.15) is 0 Å². The molecule has 0 aliphatic rings. The summed E-state index contributed by atoms with van der Waals surface area (Å²) < 4.78 is 50.2. The molecule has 1 rings (SSSR count). The van der Waals surface area contributed by atoms with Gasteiger partial charge in [-0.3, -0.25) is 0 Å². The fourth-order valence-corrected chi connectivity index (χ4v) is 2.75. The fraction of sp³-hybridized carbons (Fsp3) is 0.333. The number of hydrogen-bond donors (Lipinski definition) is 0. The van der Waals surface area contributed by atoms with Gasteiger partial charge in [-0.05, 0) is 0 Å². The van der Waals surface area contributed by atoms with E-state index in [0.29, 0.717) is 0 Å². The minimum absolute atomic E-state index is 0.722. The molecule has 0 saturated heterocycles. The molecule has 1 aromatic rings. The first-order chi connectivity index (χ1) is 6.32. The van der Waals surface area contributed by atoms with Gasteiger partial charge in [-0.1, -0.05) is 0 Å². The number of rotatable bonds is 1. The Bertz CT molecular complexity index is 330. The Morgan fingerprint density at radius 3 is 2.07 bits per heavy atom. The predicted molar refractivity (Wildman–Crippen MR) is 56.0 cm³/mol. The quantitative estimate of drug-likeness (QED) is 0.420. The van der Waals surface area contributed by atoms with Crippen LogP contribution in [0.5, 0.6) is 0 Å². The zero-order chi connectivity index (χ0) is 10.9. The maximum absolute atomic E-state index is 13.0. The van der Waals surface area contributed by atoms with Crippen LogP contribution in [0, 0.1) is 9.39 Å². The molecule has 0 fully saturated rings. The van der Waals surface area contributed by atoms with Gasteiger partial charge in [0.1, 0.15) is 0 Å². The van der Waals surface area contributed by atoms with Gasteiger partial charge in [0.05, 0.1) is 0 Å². The van der Waals surface area contributed by atoms with Crippen LogP contribution in [0.25, 0.3) is 0 Å². The van der Waals surface area contributed by atoms with Crippen LogP contribution < -0.4 is 0 Å². The Morgan fingerprint density at radius 2 is 1.71 bits per heavy atom. The van der Waals surface area contributed by atoms with Crippen molar-refractivity contribution < 1.29 is 17.6 Å². The predicted octanol–water partition coefficient (Wildman–Crippen LogP) is 3.78. The summed E-state index contributed by atoms with van der Waals surface area (Å²) in [7, 11) is 0. The second-order valence-electron chi connectivity index (χ2n) is 2.88. The third-order valence-corrected chi connectivity index (χ3v) is 4.84. The van der Waals surface area contributed by atoms with Crippen LogP contribution in [0.15, 0.2) is 18.2 Å². The first-order valence-corrected chi connectivity index (χ1v) is 9.08. The SMILES string of the molecule is CI(C)c1ccc(C(F)(F)F)c(F)c1. The Hall–Kier alpha value is -0.330. The van der Waals surface area contributed by atoms with Crippen LogP contribution in [-0.2, 0) is 6.18 Å². The van der Waals surface area contributed by atoms with E-state index in [0.717, 1.165) is 15.7 Å². The van der Waals surface area contributed by atoms with Gasteiger partial charge < -0.3 is 0 Å². The molecular formula is C9H9F4I. The first-order valence-electron chi connectivity index (χ1n) is 3.69. The third-order valence-electron chi connectivity index (χ3n) is 1.67. The average molecular weight is 320 g/mol. The Balaban J connectivity index is 3.15. The van der Waals surface area contributed by atoms with Gasteiger partial charge in [-0.15, -0.1) is 0 Å². The molecule has 0 N–H and O–H groups in total. The van der Waals surface area contributed by atoms with Gasteiger partial charge in [0.25, 0.3) is 0 Å². The molecule has 0 saturated carbocycles. The molecule has 0 heterocycles. The number of halogens is 5. The monoisotopic (exact) mass is 320 g/mol. The topological polar surface area (TPSA) is 0 Å². The minimum atomic E-state index is -4.59. The van der Waals surface area contributed by atoms with Crippen LogP contribution in [0.2, 0.25) is 0 Å². The van der Waals surface area contributed by atoms with Crippen LogP contribution in [0.4, 0.5) is 17.6 Å². The fourth-order valence-electron chi connectivity index (χ4n) is 0.954. The zero-order valence-electron chi connectivity index (χ0n) is 7.62. The molecule has 0 aromatic heterocycles. The van der Waals surface area contributed by atoms with Crippen molar-refractivity contribution in [1.29, 1.82) is 0 Å². The van der Waals surface area contributed by atoms with E-state index in [1.165, 1.54) is 6.07 Å². The summed E-state index contributed by atoms with van der Waals surface area (Å²) >= 11 is -1.40. The molecule has 0 aliphatic heterocycles. The standard InChI is InChI=1S/C9H9F4I/c1-14(2)6-3-4-7(8(10)5-6)9(11,12)13/h3-5H,1-2H3. The molecule has 1 aromatic carbocycles. The van der Waals surface area contributed by atoms with E-state index in [1.54, 1.807) is 0 Å². The number of hydrogen-bond acceptors (Lipinski definition) is 0. The molecule has 0 unspecified atom stereocenters. The zero-order valence-corrected chi connectivity index (χ0v) is 9.78. The van der Waals surface area contributed by atoms with Crippen molar-refractivity contribution in [2.45, 2.75) is 6.18 Å². The van der Waals surface area contributed by atoms with Crippen molar-refractivity contribution in [2.75, 3.05) is 9.86 Å². The summed E-state index contributed by atoms with van der Waals surface area (Å²) in [5.74, 6) is -1.17. The van der Waals surface area contributed by atoms with Crippen LogP contribution in [0.3, 0.4) is 0 Å². The molecule has 14 heavy (non-hydrogen) atoms. The Kier molecular flexibility index (Phi) is 3.39. The molecular weight excluding hydrogens is 311 g/mol. The van der Waals surface area contributed by atoms with E-state index in [-0.39, 0.29) is 0 Å². The summed E-state index contributed by atoms with van der Waals surface area (Å²) in [6, 6.07) is 3.20. The van der Waals surface area contributed by atoms with Crippen LogP contribution in [-0.4, -0.2) is 9.86 Å². The third kappa shape index (κ3) is 2.59. The second-order valence-corrected chi connectivity index (χ2v) is 8.44. The Morgan fingerprint density at radius 1 is 1.14 bits per heavy atom. The summed E-state index contributed by atoms with van der Waals surface area (Å²) in [5, 5.41) is 0. The van der Waals surface area contributed by atoms with E-state index in [9.17, 15) is 17.6 Å². The van der Waals surface area contributed by atoms with Crippen molar-refractivity contribution in [2.24, 2.45) is 0 Å². The summed E-state index contributed by atoms with van der Waals surface area (Å²) in [5.41, 5.74) is -1.18. The van der Waals surface area contributed by atoms with Crippen LogP contribution >= 0.6 is 19.8 Å². The molecule has 0 spiro atoms.